The number of urea groups is 1. The summed E-state index contributed by atoms with van der Waals surface area (Å²) in [5, 5.41) is 7.62. The van der Waals surface area contributed by atoms with Crippen LogP contribution in [0.3, 0.4) is 0 Å². The Morgan fingerprint density at radius 3 is 2.57 bits per heavy atom. The van der Waals surface area contributed by atoms with Crippen LogP contribution in [0.4, 0.5) is 9.18 Å². The molecule has 1 saturated heterocycles. The normalized spacial score (nSPS) is 24.5. The van der Waals surface area contributed by atoms with E-state index in [1.807, 2.05) is 0 Å². The lowest BCUT2D eigenvalue weighted by atomic mass is 9.77. The second kappa shape index (κ2) is 6.74. The summed E-state index contributed by atoms with van der Waals surface area (Å²) in [6, 6.07) is 6.44. The molecule has 9 heteroatoms. The zero-order valence-corrected chi connectivity index (χ0v) is 15.3. The van der Waals surface area contributed by atoms with E-state index in [2.05, 4.69) is 22.8 Å². The molecule has 0 unspecified atom stereocenters. The Morgan fingerprint density at radius 2 is 1.89 bits per heavy atom. The Bertz CT molecular complexity index is 931. The molecule has 8 nitrogen and oxygen atoms in total. The molecule has 1 aliphatic heterocycles. The number of nitrogens with one attached hydrogen (secondary N) is 2. The number of imide groups is 1. The van der Waals surface area contributed by atoms with Crippen molar-refractivity contribution in [2.45, 2.75) is 38.1 Å². The number of amides is 4. The fraction of sp³-hybridized carbons (Fsp3) is 0.368. The number of rotatable bonds is 3. The minimum atomic E-state index is -0.926. The highest BCUT2D eigenvalue weighted by atomic mass is 19.1. The number of aromatic nitrogens is 2. The first-order valence-corrected chi connectivity index (χ1v) is 9.17. The van der Waals surface area contributed by atoms with Crippen LogP contribution in [0.25, 0.3) is 5.69 Å². The molecule has 1 aromatic carbocycles. The molecule has 0 bridgehead atoms. The molecule has 0 atom stereocenters. The summed E-state index contributed by atoms with van der Waals surface area (Å²) in [5.74, 6) is -0.978. The third-order valence-corrected chi connectivity index (χ3v) is 5.42. The molecule has 1 saturated carbocycles. The number of hydrogen-bond donors (Lipinski definition) is 2. The quantitative estimate of drug-likeness (QED) is 0.792. The predicted molar refractivity (Wildman–Crippen MR) is 96.7 cm³/mol. The predicted octanol–water partition coefficient (Wildman–Crippen LogP) is 2.16. The van der Waals surface area contributed by atoms with E-state index >= 15 is 0 Å². The second-order valence-electron chi connectivity index (χ2n) is 7.40. The second-order valence-corrected chi connectivity index (χ2v) is 7.40. The largest absolute Gasteiger partial charge is 0.344 e. The molecule has 2 heterocycles. The van der Waals surface area contributed by atoms with Gasteiger partial charge in [-0.25, -0.2) is 13.9 Å². The van der Waals surface area contributed by atoms with Gasteiger partial charge in [-0.2, -0.15) is 10.1 Å². The maximum atomic E-state index is 13.0. The van der Waals surface area contributed by atoms with E-state index in [-0.39, 0.29) is 11.5 Å². The van der Waals surface area contributed by atoms with Crippen LogP contribution >= 0.6 is 0 Å². The summed E-state index contributed by atoms with van der Waals surface area (Å²) in [5.41, 5.74) is 2.03. The van der Waals surface area contributed by atoms with Gasteiger partial charge in [0.05, 0.1) is 5.69 Å². The SMILES string of the molecule is CC1CCC2(CC1)NC(=O)N(NC(=O)c1ccn(-c3ccc(F)cc3)n1)C2=O. The van der Waals surface area contributed by atoms with E-state index in [1.165, 1.54) is 41.2 Å². The van der Waals surface area contributed by atoms with Crippen LogP contribution in [0, 0.1) is 11.7 Å². The minimum absolute atomic E-state index is 0.0307. The van der Waals surface area contributed by atoms with Crippen LogP contribution in [0.15, 0.2) is 36.5 Å². The lowest BCUT2D eigenvalue weighted by Gasteiger charge is -2.33. The number of halogens is 1. The Balaban J connectivity index is 1.47. The van der Waals surface area contributed by atoms with Gasteiger partial charge >= 0.3 is 6.03 Å². The molecule has 2 N–H and O–H groups in total. The molecule has 1 aliphatic carbocycles. The monoisotopic (exact) mass is 385 g/mol. The number of nitrogens with zero attached hydrogens (tertiary/aromatic N) is 3. The summed E-state index contributed by atoms with van der Waals surface area (Å²) < 4.78 is 14.4. The summed E-state index contributed by atoms with van der Waals surface area (Å²) in [6.45, 7) is 2.12. The number of hydrazine groups is 1. The fourth-order valence-corrected chi connectivity index (χ4v) is 3.66. The highest BCUT2D eigenvalue weighted by molar-refractivity contribution is 6.09. The number of carbonyl (C=O) groups is 3. The van der Waals surface area contributed by atoms with Crippen LogP contribution in [-0.4, -0.2) is 38.2 Å². The van der Waals surface area contributed by atoms with Gasteiger partial charge in [0.25, 0.3) is 11.8 Å². The van der Waals surface area contributed by atoms with E-state index in [4.69, 9.17) is 0 Å². The van der Waals surface area contributed by atoms with E-state index in [0.29, 0.717) is 24.4 Å². The zero-order chi connectivity index (χ0) is 19.9. The van der Waals surface area contributed by atoms with E-state index in [1.54, 1.807) is 0 Å². The van der Waals surface area contributed by atoms with E-state index in [9.17, 15) is 18.8 Å². The van der Waals surface area contributed by atoms with Crippen molar-refractivity contribution in [3.05, 3.63) is 48.0 Å². The van der Waals surface area contributed by atoms with Crippen molar-refractivity contribution >= 4 is 17.8 Å². The molecular weight excluding hydrogens is 365 g/mol. The number of hydrogen-bond acceptors (Lipinski definition) is 4. The first-order chi connectivity index (χ1) is 13.4. The Labute approximate surface area is 160 Å². The van der Waals surface area contributed by atoms with Gasteiger partial charge in [0.2, 0.25) is 0 Å². The van der Waals surface area contributed by atoms with Crippen LogP contribution < -0.4 is 10.7 Å². The standard InChI is InChI=1S/C19H20FN5O3/c1-12-6-9-19(10-7-12)17(27)25(18(28)21-19)23-16(26)15-8-11-24(22-15)14-4-2-13(20)3-5-14/h2-5,8,11-12H,6-7,9-10H2,1H3,(H,21,28)(H,23,26). The third-order valence-electron chi connectivity index (χ3n) is 5.42. The highest BCUT2D eigenvalue weighted by Gasteiger charge is 2.53. The van der Waals surface area contributed by atoms with Gasteiger partial charge in [0, 0.05) is 6.20 Å². The lowest BCUT2D eigenvalue weighted by Crippen LogP contribution is -2.51. The van der Waals surface area contributed by atoms with Gasteiger partial charge in [-0.3, -0.25) is 15.0 Å². The van der Waals surface area contributed by atoms with Gasteiger partial charge in [-0.1, -0.05) is 6.92 Å². The molecule has 28 heavy (non-hydrogen) atoms. The van der Waals surface area contributed by atoms with Crippen molar-refractivity contribution in [3.63, 3.8) is 0 Å². The average molecular weight is 385 g/mol. The topological polar surface area (TPSA) is 96.3 Å². The minimum Gasteiger partial charge on any atom is -0.322 e. The zero-order valence-electron chi connectivity index (χ0n) is 15.3. The van der Waals surface area contributed by atoms with E-state index in [0.717, 1.165) is 17.9 Å². The number of benzene rings is 1. The van der Waals surface area contributed by atoms with Gasteiger partial charge in [-0.15, -0.1) is 0 Å². The summed E-state index contributed by atoms with van der Waals surface area (Å²) in [6.07, 6.45) is 4.35. The van der Waals surface area contributed by atoms with Crippen molar-refractivity contribution in [2.24, 2.45) is 5.92 Å². The summed E-state index contributed by atoms with van der Waals surface area (Å²) in [4.78, 5) is 37.6. The average Bonchev–Trinajstić information content (AvgIpc) is 3.25. The van der Waals surface area contributed by atoms with E-state index < -0.39 is 23.4 Å². The summed E-state index contributed by atoms with van der Waals surface area (Å²) >= 11 is 0. The van der Waals surface area contributed by atoms with Gasteiger partial charge in [0.1, 0.15) is 11.4 Å². The van der Waals surface area contributed by atoms with Crippen molar-refractivity contribution in [3.8, 4) is 5.69 Å². The molecule has 2 fully saturated rings. The molecule has 4 rings (SSSR count). The maximum Gasteiger partial charge on any atom is 0.344 e. The fourth-order valence-electron chi connectivity index (χ4n) is 3.66. The van der Waals surface area contributed by atoms with Crippen molar-refractivity contribution in [2.75, 3.05) is 0 Å². The first kappa shape index (κ1) is 18.1. The molecular formula is C19H20FN5O3. The highest BCUT2D eigenvalue weighted by Crippen LogP contribution is 2.35. The molecule has 4 amide bonds. The van der Waals surface area contributed by atoms with Crippen LogP contribution in [0.1, 0.15) is 43.1 Å². The Morgan fingerprint density at radius 1 is 1.21 bits per heavy atom. The molecule has 146 valence electrons. The van der Waals surface area contributed by atoms with Gasteiger partial charge < -0.3 is 5.32 Å². The molecule has 2 aliphatic rings. The summed E-state index contributed by atoms with van der Waals surface area (Å²) in [7, 11) is 0. The van der Waals surface area contributed by atoms with Gasteiger partial charge in [-0.05, 0) is 61.9 Å². The Kier molecular flexibility index (Phi) is 4.37. The molecule has 1 aromatic heterocycles. The van der Waals surface area contributed by atoms with Crippen molar-refractivity contribution < 1.29 is 18.8 Å². The molecule has 2 aromatic rings. The van der Waals surface area contributed by atoms with Crippen LogP contribution in [0.2, 0.25) is 0 Å². The first-order valence-electron chi connectivity index (χ1n) is 9.17. The van der Waals surface area contributed by atoms with Crippen LogP contribution in [-0.2, 0) is 4.79 Å². The van der Waals surface area contributed by atoms with Gasteiger partial charge in [0.15, 0.2) is 5.69 Å². The molecule has 0 radical (unpaired) electrons. The van der Waals surface area contributed by atoms with Crippen molar-refractivity contribution in [1.29, 1.82) is 0 Å². The third kappa shape index (κ3) is 3.12. The number of carbonyl (C=O) groups excluding carboxylic acids is 3. The van der Waals surface area contributed by atoms with Crippen LogP contribution in [0.5, 0.6) is 0 Å². The van der Waals surface area contributed by atoms with Crippen molar-refractivity contribution in [1.82, 2.24) is 25.5 Å². The maximum absolute atomic E-state index is 13.0. The Hall–Kier alpha value is -3.23. The smallest absolute Gasteiger partial charge is 0.322 e. The lowest BCUT2D eigenvalue weighted by molar-refractivity contribution is -0.134. The molecule has 1 spiro atoms.